The van der Waals surface area contributed by atoms with E-state index in [0.717, 1.165) is 0 Å². The third kappa shape index (κ3) is 3.21. The summed E-state index contributed by atoms with van der Waals surface area (Å²) in [6, 6.07) is 21.8. The minimum Gasteiger partial charge on any atom is -0.333 e. The van der Waals surface area contributed by atoms with Crippen LogP contribution in [0.1, 0.15) is 10.4 Å². The number of hydrogen-bond acceptors (Lipinski definition) is 5. The Morgan fingerprint density at radius 3 is 2.46 bits per heavy atom. The third-order valence-corrected chi connectivity index (χ3v) is 3.76. The van der Waals surface area contributed by atoms with Gasteiger partial charge in [-0.25, -0.2) is 0 Å². The first-order valence-electron chi connectivity index (χ1n) is 8.02. The summed E-state index contributed by atoms with van der Waals surface area (Å²) in [6.45, 7) is 0. The predicted molar refractivity (Wildman–Crippen MR) is 97.4 cm³/mol. The molecule has 0 unspecified atom stereocenters. The number of carbonyl (C=O) groups excluding carboxylic acids is 1. The molecule has 0 aliphatic rings. The summed E-state index contributed by atoms with van der Waals surface area (Å²) in [5.41, 5.74) is 2.43. The van der Waals surface area contributed by atoms with Gasteiger partial charge in [-0.15, -0.1) is 0 Å². The number of carbonyl (C=O) groups is 1. The zero-order valence-corrected chi connectivity index (χ0v) is 13.7. The summed E-state index contributed by atoms with van der Waals surface area (Å²) in [5, 5.41) is 6.87. The van der Waals surface area contributed by atoms with Crippen LogP contribution in [0.25, 0.3) is 23.0 Å². The van der Waals surface area contributed by atoms with Gasteiger partial charge in [-0.05, 0) is 36.4 Å². The molecule has 0 spiro atoms. The number of benzene rings is 2. The van der Waals surface area contributed by atoms with E-state index in [9.17, 15) is 4.79 Å². The Morgan fingerprint density at radius 1 is 0.885 bits per heavy atom. The number of nitrogens with one attached hydrogen (secondary N) is 1. The number of anilines is 1. The molecule has 0 radical (unpaired) electrons. The highest BCUT2D eigenvalue weighted by atomic mass is 16.5. The molecule has 2 aromatic carbocycles. The second kappa shape index (κ2) is 6.98. The summed E-state index contributed by atoms with van der Waals surface area (Å²) in [4.78, 5) is 21.0. The zero-order valence-electron chi connectivity index (χ0n) is 13.7. The van der Waals surface area contributed by atoms with Gasteiger partial charge in [0.2, 0.25) is 5.82 Å². The van der Waals surface area contributed by atoms with Gasteiger partial charge in [-0.1, -0.05) is 41.6 Å². The Hall–Kier alpha value is -3.80. The van der Waals surface area contributed by atoms with Crippen molar-refractivity contribution in [1.29, 1.82) is 0 Å². The lowest BCUT2D eigenvalue weighted by Gasteiger charge is -2.08. The summed E-state index contributed by atoms with van der Waals surface area (Å²) < 4.78 is 5.38. The maximum atomic E-state index is 12.4. The van der Waals surface area contributed by atoms with Gasteiger partial charge in [0.15, 0.2) is 0 Å². The van der Waals surface area contributed by atoms with E-state index in [2.05, 4.69) is 20.4 Å². The number of amides is 1. The van der Waals surface area contributed by atoms with Gasteiger partial charge < -0.3 is 9.84 Å². The van der Waals surface area contributed by atoms with E-state index in [4.69, 9.17) is 4.52 Å². The molecule has 26 heavy (non-hydrogen) atoms. The quantitative estimate of drug-likeness (QED) is 0.605. The predicted octanol–water partition coefficient (Wildman–Crippen LogP) is 4.05. The topological polar surface area (TPSA) is 80.9 Å². The monoisotopic (exact) mass is 342 g/mol. The Labute approximate surface area is 149 Å². The highest BCUT2D eigenvalue weighted by molar-refractivity contribution is 6.05. The summed E-state index contributed by atoms with van der Waals surface area (Å²) in [6.07, 6.45) is 1.67. The van der Waals surface area contributed by atoms with Crippen LogP contribution in [0.5, 0.6) is 0 Å². The molecule has 0 atom stereocenters. The third-order valence-electron chi connectivity index (χ3n) is 3.76. The van der Waals surface area contributed by atoms with Crippen LogP contribution >= 0.6 is 0 Å². The number of aromatic nitrogens is 3. The molecule has 0 saturated heterocycles. The van der Waals surface area contributed by atoms with E-state index >= 15 is 0 Å². The van der Waals surface area contributed by atoms with Gasteiger partial charge in [-0.2, -0.15) is 4.98 Å². The fraction of sp³-hybridized carbons (Fsp3) is 0. The van der Waals surface area contributed by atoms with Crippen molar-refractivity contribution in [2.24, 2.45) is 0 Å². The normalized spacial score (nSPS) is 10.5. The van der Waals surface area contributed by atoms with Crippen molar-refractivity contribution in [2.75, 3.05) is 5.32 Å². The molecule has 6 heteroatoms. The Morgan fingerprint density at radius 2 is 1.65 bits per heavy atom. The Kier molecular flexibility index (Phi) is 4.22. The second-order valence-electron chi connectivity index (χ2n) is 5.50. The van der Waals surface area contributed by atoms with Gasteiger partial charge in [-0.3, -0.25) is 9.78 Å². The molecular weight excluding hydrogens is 328 g/mol. The lowest BCUT2D eigenvalue weighted by atomic mass is 10.1. The van der Waals surface area contributed by atoms with Crippen LogP contribution in [0.2, 0.25) is 0 Å². The number of nitrogens with zero attached hydrogens (tertiary/aromatic N) is 3. The smallest absolute Gasteiger partial charge is 0.260 e. The largest absolute Gasteiger partial charge is 0.333 e. The van der Waals surface area contributed by atoms with Crippen LogP contribution in [0, 0.1) is 0 Å². The van der Waals surface area contributed by atoms with E-state index in [1.165, 1.54) is 0 Å². The van der Waals surface area contributed by atoms with E-state index in [0.29, 0.717) is 34.2 Å². The SMILES string of the molecule is O=C(Nc1ccccc1-c1nc(-c2ccccn2)no1)c1ccccc1. The lowest BCUT2D eigenvalue weighted by molar-refractivity contribution is 0.102. The first-order chi connectivity index (χ1) is 12.8. The number of para-hydroxylation sites is 1. The van der Waals surface area contributed by atoms with Crippen LogP contribution < -0.4 is 5.32 Å². The Bertz CT molecular complexity index is 1030. The van der Waals surface area contributed by atoms with Crippen molar-refractivity contribution in [1.82, 2.24) is 15.1 Å². The molecule has 0 bridgehead atoms. The molecule has 2 heterocycles. The van der Waals surface area contributed by atoms with Crippen molar-refractivity contribution < 1.29 is 9.32 Å². The van der Waals surface area contributed by atoms with Crippen LogP contribution in [0.3, 0.4) is 0 Å². The lowest BCUT2D eigenvalue weighted by Crippen LogP contribution is -2.12. The fourth-order valence-corrected chi connectivity index (χ4v) is 2.49. The van der Waals surface area contributed by atoms with E-state index in [1.54, 1.807) is 30.5 Å². The molecule has 2 aromatic heterocycles. The number of rotatable bonds is 4. The molecular formula is C20H14N4O2. The average Bonchev–Trinajstić information content (AvgIpc) is 3.20. The summed E-state index contributed by atoms with van der Waals surface area (Å²) >= 11 is 0. The summed E-state index contributed by atoms with van der Waals surface area (Å²) in [7, 11) is 0. The molecule has 6 nitrogen and oxygen atoms in total. The first kappa shape index (κ1) is 15.7. The molecule has 0 saturated carbocycles. The minimum absolute atomic E-state index is 0.206. The highest BCUT2D eigenvalue weighted by Gasteiger charge is 2.16. The molecule has 1 N–H and O–H groups in total. The van der Waals surface area contributed by atoms with E-state index in [1.807, 2.05) is 48.5 Å². The average molecular weight is 342 g/mol. The number of pyridine rings is 1. The van der Waals surface area contributed by atoms with Crippen LogP contribution in [-0.2, 0) is 0 Å². The minimum atomic E-state index is -0.206. The molecule has 0 aliphatic heterocycles. The van der Waals surface area contributed by atoms with Gasteiger partial charge in [0, 0.05) is 11.8 Å². The van der Waals surface area contributed by atoms with Crippen molar-refractivity contribution in [3.63, 3.8) is 0 Å². The van der Waals surface area contributed by atoms with Crippen molar-refractivity contribution in [3.8, 4) is 23.0 Å². The molecule has 0 aliphatic carbocycles. The summed E-state index contributed by atoms with van der Waals surface area (Å²) in [5.74, 6) is 0.502. The zero-order chi connectivity index (χ0) is 17.8. The molecule has 1 amide bonds. The van der Waals surface area contributed by atoms with Gasteiger partial charge in [0.1, 0.15) is 5.69 Å². The van der Waals surface area contributed by atoms with E-state index < -0.39 is 0 Å². The first-order valence-corrected chi connectivity index (χ1v) is 8.02. The number of hydrogen-bond donors (Lipinski definition) is 1. The van der Waals surface area contributed by atoms with Crippen LogP contribution in [0.4, 0.5) is 5.69 Å². The van der Waals surface area contributed by atoms with Crippen LogP contribution in [-0.4, -0.2) is 21.0 Å². The van der Waals surface area contributed by atoms with Gasteiger partial charge in [0.05, 0.1) is 11.3 Å². The molecule has 4 rings (SSSR count). The molecule has 0 fully saturated rings. The van der Waals surface area contributed by atoms with Crippen molar-refractivity contribution >= 4 is 11.6 Å². The van der Waals surface area contributed by atoms with Gasteiger partial charge in [0.25, 0.3) is 11.8 Å². The van der Waals surface area contributed by atoms with E-state index in [-0.39, 0.29) is 5.91 Å². The fourth-order valence-electron chi connectivity index (χ4n) is 2.49. The van der Waals surface area contributed by atoms with Crippen molar-refractivity contribution in [2.45, 2.75) is 0 Å². The maximum Gasteiger partial charge on any atom is 0.260 e. The van der Waals surface area contributed by atoms with Crippen LogP contribution in [0.15, 0.2) is 83.5 Å². The van der Waals surface area contributed by atoms with Crippen molar-refractivity contribution in [3.05, 3.63) is 84.6 Å². The Balaban J connectivity index is 1.64. The molecule has 4 aromatic rings. The molecule has 126 valence electrons. The maximum absolute atomic E-state index is 12.4. The second-order valence-corrected chi connectivity index (χ2v) is 5.50. The standard InChI is InChI=1S/C20H14N4O2/c25-19(14-8-2-1-3-9-14)22-16-11-5-4-10-15(16)20-23-18(24-26-20)17-12-6-7-13-21-17/h1-13H,(H,22,25). The van der Waals surface area contributed by atoms with Gasteiger partial charge >= 0.3 is 0 Å². The highest BCUT2D eigenvalue weighted by Crippen LogP contribution is 2.28.